The lowest BCUT2D eigenvalue weighted by Gasteiger charge is -2.17. The van der Waals surface area contributed by atoms with Gasteiger partial charge in [-0.3, -0.25) is 4.79 Å². The fourth-order valence-corrected chi connectivity index (χ4v) is 4.56. The fraction of sp³-hybridized carbons (Fsp3) is 0.688. The van der Waals surface area contributed by atoms with Gasteiger partial charge in [0, 0.05) is 42.4 Å². The van der Waals surface area contributed by atoms with E-state index in [-0.39, 0.29) is 12.4 Å². The molecule has 1 N–H and O–H groups in total. The van der Waals surface area contributed by atoms with Crippen molar-refractivity contribution in [2.24, 2.45) is 11.8 Å². The molecule has 2 aliphatic rings. The molecule has 0 unspecified atom stereocenters. The largest absolute Gasteiger partial charge is 0.342 e. The molecule has 1 aromatic heterocycles. The maximum Gasteiger partial charge on any atom is 0.222 e. The highest BCUT2D eigenvalue weighted by Gasteiger charge is 2.37. The van der Waals surface area contributed by atoms with Crippen molar-refractivity contribution in [1.82, 2.24) is 10.2 Å². The van der Waals surface area contributed by atoms with Gasteiger partial charge in [0.1, 0.15) is 0 Å². The molecule has 0 aliphatic carbocycles. The summed E-state index contributed by atoms with van der Waals surface area (Å²) in [5.74, 6) is 1.78. The van der Waals surface area contributed by atoms with Crippen LogP contribution in [0.5, 0.6) is 0 Å². The second-order valence-electron chi connectivity index (χ2n) is 6.27. The van der Waals surface area contributed by atoms with Crippen LogP contribution in [0.3, 0.4) is 0 Å². The fourth-order valence-electron chi connectivity index (χ4n) is 3.58. The summed E-state index contributed by atoms with van der Waals surface area (Å²) in [4.78, 5) is 17.2. The van der Waals surface area contributed by atoms with E-state index in [4.69, 9.17) is 0 Å². The number of thiophene rings is 1. The van der Waals surface area contributed by atoms with E-state index < -0.39 is 0 Å². The average molecular weight is 329 g/mol. The molecule has 2 saturated heterocycles. The van der Waals surface area contributed by atoms with Gasteiger partial charge < -0.3 is 10.2 Å². The Balaban J connectivity index is 0.00000161. The molecule has 0 bridgehead atoms. The van der Waals surface area contributed by atoms with Gasteiger partial charge in [-0.2, -0.15) is 0 Å². The minimum Gasteiger partial charge on any atom is -0.342 e. The first kappa shape index (κ1) is 16.8. The van der Waals surface area contributed by atoms with Gasteiger partial charge in [-0.1, -0.05) is 0 Å². The Bertz CT molecular complexity index is 490. The quantitative estimate of drug-likeness (QED) is 0.921. The minimum absolute atomic E-state index is 0. The third kappa shape index (κ3) is 3.79. The Labute approximate surface area is 137 Å². The third-order valence-corrected chi connectivity index (χ3v) is 5.73. The maximum absolute atomic E-state index is 12.3. The van der Waals surface area contributed by atoms with Gasteiger partial charge in [-0.05, 0) is 50.2 Å². The summed E-state index contributed by atoms with van der Waals surface area (Å²) < 4.78 is 0. The van der Waals surface area contributed by atoms with Crippen molar-refractivity contribution in [3.05, 3.63) is 21.4 Å². The number of nitrogens with zero attached hydrogens (tertiary/aromatic N) is 1. The topological polar surface area (TPSA) is 32.3 Å². The predicted octanol–water partition coefficient (Wildman–Crippen LogP) is 2.79. The van der Waals surface area contributed by atoms with Crippen molar-refractivity contribution >= 4 is 29.7 Å². The van der Waals surface area contributed by atoms with Crippen molar-refractivity contribution in [2.75, 3.05) is 26.2 Å². The number of hydrogen-bond acceptors (Lipinski definition) is 3. The monoisotopic (exact) mass is 328 g/mol. The Hall–Kier alpha value is -0.580. The Morgan fingerprint density at radius 1 is 1.33 bits per heavy atom. The van der Waals surface area contributed by atoms with E-state index in [1.165, 1.54) is 15.3 Å². The smallest absolute Gasteiger partial charge is 0.222 e. The predicted molar refractivity (Wildman–Crippen MR) is 90.4 cm³/mol. The van der Waals surface area contributed by atoms with Gasteiger partial charge in [-0.25, -0.2) is 0 Å². The van der Waals surface area contributed by atoms with Crippen LogP contribution in [-0.2, 0) is 11.2 Å². The first-order chi connectivity index (χ1) is 9.63. The number of fused-ring (bicyclic) bond motifs is 1. The number of carbonyl (C=O) groups excluding carboxylic acids is 1. The maximum atomic E-state index is 12.3. The van der Waals surface area contributed by atoms with E-state index in [9.17, 15) is 4.79 Å². The molecule has 0 saturated carbocycles. The summed E-state index contributed by atoms with van der Waals surface area (Å²) in [5.41, 5.74) is 1.43. The summed E-state index contributed by atoms with van der Waals surface area (Å²) in [6, 6.07) is 2.27. The molecule has 0 aromatic carbocycles. The van der Waals surface area contributed by atoms with Crippen molar-refractivity contribution in [1.29, 1.82) is 0 Å². The lowest BCUT2D eigenvalue weighted by molar-refractivity contribution is -0.130. The van der Waals surface area contributed by atoms with E-state index in [0.717, 1.165) is 39.0 Å². The van der Waals surface area contributed by atoms with Crippen molar-refractivity contribution < 1.29 is 4.79 Å². The number of nitrogens with one attached hydrogen (secondary N) is 1. The van der Waals surface area contributed by atoms with Gasteiger partial charge in [0.05, 0.1) is 0 Å². The minimum atomic E-state index is 0. The zero-order valence-electron chi connectivity index (χ0n) is 12.9. The average Bonchev–Trinajstić information content (AvgIpc) is 3.04. The molecule has 2 aliphatic heterocycles. The molecule has 2 atom stereocenters. The van der Waals surface area contributed by atoms with Gasteiger partial charge in [0.2, 0.25) is 5.91 Å². The van der Waals surface area contributed by atoms with E-state index in [1.54, 1.807) is 0 Å². The number of amides is 1. The van der Waals surface area contributed by atoms with Crippen LogP contribution in [0.4, 0.5) is 0 Å². The highest BCUT2D eigenvalue weighted by Crippen LogP contribution is 2.27. The second kappa shape index (κ2) is 7.12. The number of carbonyl (C=O) groups is 1. The zero-order valence-corrected chi connectivity index (χ0v) is 14.5. The summed E-state index contributed by atoms with van der Waals surface area (Å²) in [7, 11) is 0. The Kier molecular flexibility index (Phi) is 5.69. The molecular formula is C16H25ClN2OS. The number of rotatable bonds is 4. The van der Waals surface area contributed by atoms with Crippen molar-refractivity contribution in [3.63, 3.8) is 0 Å². The number of aryl methyl sites for hydroxylation is 3. The van der Waals surface area contributed by atoms with Crippen LogP contribution >= 0.6 is 23.7 Å². The van der Waals surface area contributed by atoms with Crippen molar-refractivity contribution in [3.8, 4) is 0 Å². The van der Waals surface area contributed by atoms with E-state index in [0.29, 0.717) is 24.2 Å². The van der Waals surface area contributed by atoms with Crippen LogP contribution in [-0.4, -0.2) is 37.0 Å². The number of likely N-dealkylation sites (tertiary alicyclic amines) is 1. The van der Waals surface area contributed by atoms with Crippen LogP contribution in [0.25, 0.3) is 0 Å². The highest BCUT2D eigenvalue weighted by atomic mass is 35.5. The molecule has 0 spiro atoms. The van der Waals surface area contributed by atoms with Gasteiger partial charge in [0.25, 0.3) is 0 Å². The summed E-state index contributed by atoms with van der Waals surface area (Å²) in [6.45, 7) is 8.50. The van der Waals surface area contributed by atoms with Gasteiger partial charge in [-0.15, -0.1) is 23.7 Å². The number of halogens is 1. The van der Waals surface area contributed by atoms with Crippen LogP contribution in [0, 0.1) is 25.7 Å². The Morgan fingerprint density at radius 2 is 2.00 bits per heavy atom. The van der Waals surface area contributed by atoms with Crippen LogP contribution in [0.2, 0.25) is 0 Å². The second-order valence-corrected chi connectivity index (χ2v) is 7.73. The first-order valence-electron chi connectivity index (χ1n) is 7.68. The lowest BCUT2D eigenvalue weighted by Crippen LogP contribution is -2.31. The Morgan fingerprint density at radius 3 is 2.57 bits per heavy atom. The molecule has 1 aromatic rings. The lowest BCUT2D eigenvalue weighted by atomic mass is 10.0. The first-order valence-corrected chi connectivity index (χ1v) is 8.49. The molecular weight excluding hydrogens is 304 g/mol. The SMILES string of the molecule is Cc1cc(CCCC(=O)N2C[C@H]3CNC[C@H]3C2)c(C)s1.Cl. The van der Waals surface area contributed by atoms with Gasteiger partial charge in [0.15, 0.2) is 0 Å². The molecule has 3 rings (SSSR count). The molecule has 3 nitrogen and oxygen atoms in total. The third-order valence-electron chi connectivity index (χ3n) is 4.72. The zero-order chi connectivity index (χ0) is 14.1. The summed E-state index contributed by atoms with van der Waals surface area (Å²) in [6.07, 6.45) is 2.74. The summed E-state index contributed by atoms with van der Waals surface area (Å²) in [5, 5.41) is 3.42. The molecule has 1 amide bonds. The van der Waals surface area contributed by atoms with Gasteiger partial charge >= 0.3 is 0 Å². The van der Waals surface area contributed by atoms with Crippen molar-refractivity contribution in [2.45, 2.75) is 33.1 Å². The molecule has 21 heavy (non-hydrogen) atoms. The van der Waals surface area contributed by atoms with Crippen LogP contribution in [0.15, 0.2) is 6.07 Å². The number of hydrogen-bond donors (Lipinski definition) is 1. The van der Waals surface area contributed by atoms with E-state index in [2.05, 4.69) is 30.1 Å². The molecule has 2 fully saturated rings. The molecule has 0 radical (unpaired) electrons. The molecule has 118 valence electrons. The molecule has 5 heteroatoms. The van der Waals surface area contributed by atoms with E-state index >= 15 is 0 Å². The van der Waals surface area contributed by atoms with Crippen LogP contribution in [0.1, 0.15) is 28.2 Å². The highest BCUT2D eigenvalue weighted by molar-refractivity contribution is 7.12. The standard InChI is InChI=1S/C16H24N2OS.ClH/c1-11-6-13(12(2)20-11)4-3-5-16(19)18-9-14-7-17-8-15(14)10-18;/h6,14-15,17H,3-5,7-10H2,1-2H3;1H/t14-,15+;. The molecule has 3 heterocycles. The normalized spacial score (nSPS) is 24.0. The van der Waals surface area contributed by atoms with E-state index in [1.807, 2.05) is 11.3 Å². The van der Waals surface area contributed by atoms with Crippen LogP contribution < -0.4 is 5.32 Å². The summed E-state index contributed by atoms with van der Waals surface area (Å²) >= 11 is 1.86.